The molecule has 2 aromatic rings. The molecule has 0 radical (unpaired) electrons. The molecule has 0 bridgehead atoms. The normalized spacial score (nSPS) is 10.1. The van der Waals surface area contributed by atoms with Gasteiger partial charge in [-0.1, -0.05) is 17.7 Å². The van der Waals surface area contributed by atoms with Gasteiger partial charge in [-0.3, -0.25) is 9.36 Å². The quantitative estimate of drug-likeness (QED) is 0.789. The van der Waals surface area contributed by atoms with E-state index in [1.807, 2.05) is 13.0 Å². The second-order valence-corrected chi connectivity index (χ2v) is 4.45. The average Bonchev–Trinajstić information content (AvgIpc) is 2.34. The Morgan fingerprint density at radius 2 is 2.00 bits per heavy atom. The maximum atomic E-state index is 12.2. The number of hydrogen-bond donors (Lipinski definition) is 0. The van der Waals surface area contributed by atoms with Crippen molar-refractivity contribution >= 4 is 11.6 Å². The molecule has 0 amide bonds. The Kier molecular flexibility index (Phi) is 3.22. The predicted octanol–water partition coefficient (Wildman–Crippen LogP) is 2.98. The molecule has 1 aromatic heterocycles. The largest absolute Gasteiger partial charge is 0.283 e. The molecule has 1 heterocycles. The first-order valence-electron chi connectivity index (χ1n) is 5.44. The van der Waals surface area contributed by atoms with Gasteiger partial charge in [0.1, 0.15) is 11.6 Å². The summed E-state index contributed by atoms with van der Waals surface area (Å²) in [7, 11) is 0. The van der Waals surface area contributed by atoms with Crippen molar-refractivity contribution in [3.63, 3.8) is 0 Å². The highest BCUT2D eigenvalue weighted by atomic mass is 35.5. The summed E-state index contributed by atoms with van der Waals surface area (Å²) in [4.78, 5) is 12.2. The second-order valence-electron chi connectivity index (χ2n) is 4.04. The lowest BCUT2D eigenvalue weighted by molar-refractivity contribution is 0.962. The van der Waals surface area contributed by atoms with E-state index in [-0.39, 0.29) is 11.1 Å². The lowest BCUT2D eigenvalue weighted by Crippen LogP contribution is -2.22. The molecule has 4 heteroatoms. The molecule has 0 N–H and O–H groups in total. The molecule has 0 fully saturated rings. The number of aryl methyl sites for hydroxylation is 1. The maximum absolute atomic E-state index is 12.2. The first-order valence-corrected chi connectivity index (χ1v) is 5.82. The summed E-state index contributed by atoms with van der Waals surface area (Å²) in [6.45, 7) is 3.59. The number of pyridine rings is 1. The molecule has 0 saturated heterocycles. The zero-order valence-electron chi connectivity index (χ0n) is 10.1. The Morgan fingerprint density at radius 3 is 2.67 bits per heavy atom. The molecule has 0 spiro atoms. The third kappa shape index (κ3) is 1.92. The van der Waals surface area contributed by atoms with Gasteiger partial charge in [-0.05, 0) is 43.2 Å². The number of hydrogen-bond acceptors (Lipinski definition) is 2. The number of nitrogens with zero attached hydrogens (tertiary/aromatic N) is 2. The van der Waals surface area contributed by atoms with Crippen LogP contribution in [0.2, 0.25) is 5.02 Å². The van der Waals surface area contributed by atoms with Crippen LogP contribution in [0.1, 0.15) is 16.7 Å². The second kappa shape index (κ2) is 4.67. The summed E-state index contributed by atoms with van der Waals surface area (Å²) in [5, 5.41) is 9.60. The summed E-state index contributed by atoms with van der Waals surface area (Å²) in [5.74, 6) is 0. The van der Waals surface area contributed by atoms with Crippen LogP contribution in [-0.2, 0) is 0 Å². The van der Waals surface area contributed by atoms with Crippen molar-refractivity contribution in [1.29, 1.82) is 5.26 Å². The number of rotatable bonds is 1. The van der Waals surface area contributed by atoms with E-state index in [4.69, 9.17) is 16.9 Å². The Bertz CT molecular complexity index is 711. The van der Waals surface area contributed by atoms with E-state index in [0.29, 0.717) is 16.3 Å². The monoisotopic (exact) mass is 258 g/mol. The number of aromatic nitrogens is 1. The minimum atomic E-state index is -0.317. The molecule has 0 unspecified atom stereocenters. The van der Waals surface area contributed by atoms with Gasteiger partial charge in [0.25, 0.3) is 5.56 Å². The van der Waals surface area contributed by atoms with Gasteiger partial charge in [0, 0.05) is 11.2 Å². The van der Waals surface area contributed by atoms with Gasteiger partial charge in [-0.25, -0.2) is 0 Å². The van der Waals surface area contributed by atoms with Crippen LogP contribution in [0.4, 0.5) is 0 Å². The van der Waals surface area contributed by atoms with Gasteiger partial charge in [-0.2, -0.15) is 5.26 Å². The molecule has 3 nitrogen and oxygen atoms in total. The molecule has 0 atom stereocenters. The molecule has 2 rings (SSSR count). The first-order chi connectivity index (χ1) is 8.56. The van der Waals surface area contributed by atoms with Crippen LogP contribution in [0, 0.1) is 25.2 Å². The Labute approximate surface area is 110 Å². The van der Waals surface area contributed by atoms with Gasteiger partial charge in [0.05, 0.1) is 5.69 Å². The van der Waals surface area contributed by atoms with Crippen molar-refractivity contribution in [2.45, 2.75) is 13.8 Å². The first kappa shape index (κ1) is 12.4. The van der Waals surface area contributed by atoms with Crippen molar-refractivity contribution in [2.24, 2.45) is 0 Å². The fourth-order valence-electron chi connectivity index (χ4n) is 1.81. The average molecular weight is 259 g/mol. The molecule has 18 heavy (non-hydrogen) atoms. The molecule has 0 aliphatic carbocycles. The van der Waals surface area contributed by atoms with Crippen molar-refractivity contribution in [3.05, 3.63) is 62.5 Å². The van der Waals surface area contributed by atoms with E-state index >= 15 is 0 Å². The third-order valence-electron chi connectivity index (χ3n) is 2.91. The summed E-state index contributed by atoms with van der Waals surface area (Å²) in [6, 6.07) is 9.05. The van der Waals surface area contributed by atoms with Crippen LogP contribution < -0.4 is 5.56 Å². The molecular weight excluding hydrogens is 248 g/mol. The van der Waals surface area contributed by atoms with Crippen LogP contribution in [0.3, 0.4) is 0 Å². The molecule has 0 aliphatic heterocycles. The highest BCUT2D eigenvalue weighted by molar-refractivity contribution is 6.31. The third-order valence-corrected chi connectivity index (χ3v) is 3.32. The summed E-state index contributed by atoms with van der Waals surface area (Å²) < 4.78 is 1.45. The maximum Gasteiger partial charge on any atom is 0.273 e. The molecule has 1 aromatic carbocycles. The van der Waals surface area contributed by atoms with Crippen LogP contribution in [0.15, 0.2) is 35.3 Å². The Balaban J connectivity index is 2.78. The molecular formula is C14H11ClN2O. The zero-order chi connectivity index (χ0) is 13.3. The SMILES string of the molecule is Cc1ccn(-c2cccc(Cl)c2C)c(=O)c1C#N. The van der Waals surface area contributed by atoms with Crippen LogP contribution in [-0.4, -0.2) is 4.57 Å². The fraction of sp³-hybridized carbons (Fsp3) is 0.143. The van der Waals surface area contributed by atoms with Crippen LogP contribution >= 0.6 is 11.6 Å². The van der Waals surface area contributed by atoms with Crippen molar-refractivity contribution in [2.75, 3.05) is 0 Å². The van der Waals surface area contributed by atoms with Crippen LogP contribution in [0.25, 0.3) is 5.69 Å². The van der Waals surface area contributed by atoms with Gasteiger partial charge in [0.2, 0.25) is 0 Å². The number of halogens is 1. The van der Waals surface area contributed by atoms with Gasteiger partial charge in [0.15, 0.2) is 0 Å². The number of benzene rings is 1. The van der Waals surface area contributed by atoms with Crippen molar-refractivity contribution < 1.29 is 0 Å². The smallest absolute Gasteiger partial charge is 0.273 e. The molecule has 0 saturated carbocycles. The topological polar surface area (TPSA) is 45.8 Å². The fourth-order valence-corrected chi connectivity index (χ4v) is 1.98. The highest BCUT2D eigenvalue weighted by Gasteiger charge is 2.10. The Morgan fingerprint density at radius 1 is 1.28 bits per heavy atom. The van der Waals surface area contributed by atoms with E-state index in [1.165, 1.54) is 4.57 Å². The van der Waals surface area contributed by atoms with Crippen molar-refractivity contribution in [3.8, 4) is 11.8 Å². The van der Waals surface area contributed by atoms with E-state index in [1.54, 1.807) is 37.4 Å². The lowest BCUT2D eigenvalue weighted by Gasteiger charge is -2.11. The standard InChI is InChI=1S/C14H11ClN2O/c1-9-6-7-17(14(18)11(9)8-16)13-5-3-4-12(15)10(13)2/h3-7H,1-2H3. The van der Waals surface area contributed by atoms with Crippen LogP contribution in [0.5, 0.6) is 0 Å². The summed E-state index contributed by atoms with van der Waals surface area (Å²) in [6.07, 6.45) is 1.66. The summed E-state index contributed by atoms with van der Waals surface area (Å²) >= 11 is 6.04. The highest BCUT2D eigenvalue weighted by Crippen LogP contribution is 2.21. The number of nitriles is 1. The van der Waals surface area contributed by atoms with E-state index in [2.05, 4.69) is 0 Å². The Hall–Kier alpha value is -2.05. The van der Waals surface area contributed by atoms with Gasteiger partial charge >= 0.3 is 0 Å². The van der Waals surface area contributed by atoms with Gasteiger partial charge in [-0.15, -0.1) is 0 Å². The predicted molar refractivity (Wildman–Crippen MR) is 71.2 cm³/mol. The van der Waals surface area contributed by atoms with E-state index < -0.39 is 0 Å². The minimum absolute atomic E-state index is 0.164. The summed E-state index contributed by atoms with van der Waals surface area (Å²) in [5.41, 5.74) is 2.04. The van der Waals surface area contributed by atoms with E-state index in [0.717, 1.165) is 5.56 Å². The lowest BCUT2D eigenvalue weighted by atomic mass is 10.1. The minimum Gasteiger partial charge on any atom is -0.283 e. The van der Waals surface area contributed by atoms with Crippen molar-refractivity contribution in [1.82, 2.24) is 4.57 Å². The van der Waals surface area contributed by atoms with E-state index in [9.17, 15) is 4.79 Å². The molecule has 90 valence electrons. The van der Waals surface area contributed by atoms with Gasteiger partial charge < -0.3 is 0 Å². The molecule has 0 aliphatic rings. The zero-order valence-corrected chi connectivity index (χ0v) is 10.8.